The van der Waals surface area contributed by atoms with E-state index in [0.29, 0.717) is 25.2 Å². The van der Waals surface area contributed by atoms with Crippen LogP contribution in [0.3, 0.4) is 0 Å². The largest absolute Gasteiger partial charge is 0.457 e. The Bertz CT molecular complexity index is 1260. The van der Waals surface area contributed by atoms with Gasteiger partial charge in [0.05, 0.1) is 0 Å². The molecule has 0 atom stereocenters. The molecule has 0 aromatic heterocycles. The first-order valence-electron chi connectivity index (χ1n) is 11.3. The predicted octanol–water partition coefficient (Wildman–Crippen LogP) is 7.12. The molecule has 4 aromatic carbocycles. The number of hydrogen-bond donors (Lipinski definition) is 1. The summed E-state index contributed by atoms with van der Waals surface area (Å²) in [5, 5.41) is 7.68. The molecule has 1 amide bonds. The smallest absolute Gasteiger partial charge is 0.251 e. The molecule has 0 fully saturated rings. The SMILES string of the molecule is O=C(NCCc1ccc(Oc2ccccc2)cc1)c1ccc(C[N]Cc2ccccc2I)c(Br)c1. The molecule has 6 heteroatoms. The second-order valence-corrected chi connectivity index (χ2v) is 10.0. The van der Waals surface area contributed by atoms with E-state index in [4.69, 9.17) is 4.74 Å². The molecule has 0 bridgehead atoms. The van der Waals surface area contributed by atoms with Crippen molar-refractivity contribution in [1.29, 1.82) is 0 Å². The third-order valence-corrected chi connectivity index (χ3v) is 7.23. The number of nitrogens with one attached hydrogen (secondary N) is 1. The summed E-state index contributed by atoms with van der Waals surface area (Å²) in [5.41, 5.74) is 4.05. The van der Waals surface area contributed by atoms with Gasteiger partial charge in [0.25, 0.3) is 5.91 Å². The average molecular weight is 640 g/mol. The lowest BCUT2D eigenvalue weighted by molar-refractivity contribution is 0.0954. The van der Waals surface area contributed by atoms with Crippen molar-refractivity contribution in [3.8, 4) is 11.5 Å². The van der Waals surface area contributed by atoms with E-state index in [0.717, 1.165) is 33.5 Å². The van der Waals surface area contributed by atoms with Crippen LogP contribution in [-0.2, 0) is 19.5 Å². The van der Waals surface area contributed by atoms with Crippen molar-refractivity contribution >= 4 is 44.4 Å². The van der Waals surface area contributed by atoms with Crippen LogP contribution in [-0.4, -0.2) is 12.5 Å². The first-order valence-corrected chi connectivity index (χ1v) is 13.2. The van der Waals surface area contributed by atoms with E-state index < -0.39 is 0 Å². The van der Waals surface area contributed by atoms with Crippen LogP contribution in [0, 0.1) is 3.57 Å². The van der Waals surface area contributed by atoms with Crippen molar-refractivity contribution in [3.63, 3.8) is 0 Å². The number of amides is 1. The molecule has 1 N–H and O–H groups in total. The summed E-state index contributed by atoms with van der Waals surface area (Å²) in [6.07, 6.45) is 0.744. The lowest BCUT2D eigenvalue weighted by Gasteiger charge is -2.10. The highest BCUT2D eigenvalue weighted by molar-refractivity contribution is 14.1. The first-order chi connectivity index (χ1) is 17.1. The van der Waals surface area contributed by atoms with Crippen molar-refractivity contribution in [2.75, 3.05) is 6.54 Å². The lowest BCUT2D eigenvalue weighted by Crippen LogP contribution is -2.25. The first kappa shape index (κ1) is 25.4. The highest BCUT2D eigenvalue weighted by Gasteiger charge is 2.09. The predicted molar refractivity (Wildman–Crippen MR) is 152 cm³/mol. The van der Waals surface area contributed by atoms with E-state index in [1.165, 1.54) is 9.13 Å². The summed E-state index contributed by atoms with van der Waals surface area (Å²) in [6, 6.07) is 31.6. The van der Waals surface area contributed by atoms with Crippen LogP contribution < -0.4 is 15.4 Å². The number of carbonyl (C=O) groups excluding carboxylic acids is 1. The Morgan fingerprint density at radius 3 is 2.26 bits per heavy atom. The van der Waals surface area contributed by atoms with Crippen LogP contribution >= 0.6 is 38.5 Å². The van der Waals surface area contributed by atoms with Crippen molar-refractivity contribution in [2.45, 2.75) is 19.5 Å². The molecule has 0 aliphatic heterocycles. The molecule has 0 saturated carbocycles. The number of nitrogens with zero attached hydrogens (tertiary/aromatic N) is 1. The third-order valence-electron chi connectivity index (χ3n) is 5.44. The zero-order valence-corrected chi connectivity index (χ0v) is 22.8. The molecule has 0 aliphatic carbocycles. The average Bonchev–Trinajstić information content (AvgIpc) is 2.87. The summed E-state index contributed by atoms with van der Waals surface area (Å²) < 4.78 is 7.94. The highest BCUT2D eigenvalue weighted by atomic mass is 127. The van der Waals surface area contributed by atoms with Gasteiger partial charge in [-0.3, -0.25) is 4.79 Å². The van der Waals surface area contributed by atoms with Gasteiger partial charge in [-0.1, -0.05) is 70.5 Å². The molecule has 177 valence electrons. The van der Waals surface area contributed by atoms with Gasteiger partial charge in [0.15, 0.2) is 0 Å². The molecule has 0 spiro atoms. The van der Waals surface area contributed by atoms with Crippen LogP contribution in [0.5, 0.6) is 11.5 Å². The number of para-hydroxylation sites is 1. The van der Waals surface area contributed by atoms with Gasteiger partial charge in [0, 0.05) is 33.2 Å². The summed E-state index contributed by atoms with van der Waals surface area (Å²) in [6.45, 7) is 1.83. The van der Waals surface area contributed by atoms with E-state index in [9.17, 15) is 4.79 Å². The maximum atomic E-state index is 12.6. The van der Waals surface area contributed by atoms with Gasteiger partial charge in [-0.2, -0.15) is 0 Å². The molecule has 0 heterocycles. The monoisotopic (exact) mass is 639 g/mol. The summed E-state index contributed by atoms with van der Waals surface area (Å²) in [7, 11) is 0. The fourth-order valence-corrected chi connectivity index (χ4v) is 4.57. The van der Waals surface area contributed by atoms with Crippen LogP contribution in [0.1, 0.15) is 27.0 Å². The number of ether oxygens (including phenoxy) is 1. The topological polar surface area (TPSA) is 52.4 Å². The number of carbonyl (C=O) groups is 1. The zero-order valence-electron chi connectivity index (χ0n) is 19.1. The molecule has 0 unspecified atom stereocenters. The molecule has 0 saturated heterocycles. The van der Waals surface area contributed by atoms with E-state index in [1.54, 1.807) is 0 Å². The quantitative estimate of drug-likeness (QED) is 0.188. The van der Waals surface area contributed by atoms with Crippen molar-refractivity contribution in [1.82, 2.24) is 10.6 Å². The van der Waals surface area contributed by atoms with Gasteiger partial charge in [-0.15, -0.1) is 0 Å². The Labute approximate surface area is 228 Å². The second kappa shape index (κ2) is 12.9. The van der Waals surface area contributed by atoms with Crippen LogP contribution in [0.4, 0.5) is 0 Å². The summed E-state index contributed by atoms with van der Waals surface area (Å²) in [5.74, 6) is 1.51. The number of benzene rings is 4. The van der Waals surface area contributed by atoms with Gasteiger partial charge < -0.3 is 10.1 Å². The normalized spacial score (nSPS) is 10.7. The van der Waals surface area contributed by atoms with Gasteiger partial charge >= 0.3 is 0 Å². The van der Waals surface area contributed by atoms with E-state index in [-0.39, 0.29) is 5.91 Å². The van der Waals surface area contributed by atoms with Gasteiger partial charge in [0.2, 0.25) is 0 Å². The fourth-order valence-electron chi connectivity index (χ4n) is 3.51. The van der Waals surface area contributed by atoms with Crippen LogP contribution in [0.2, 0.25) is 0 Å². The second-order valence-electron chi connectivity index (χ2n) is 8.00. The number of halogens is 2. The number of rotatable bonds is 10. The molecule has 4 aromatic rings. The minimum Gasteiger partial charge on any atom is -0.457 e. The van der Waals surface area contributed by atoms with Crippen LogP contribution in [0.15, 0.2) is 102 Å². The van der Waals surface area contributed by atoms with E-state index >= 15 is 0 Å². The lowest BCUT2D eigenvalue weighted by atomic mass is 10.1. The van der Waals surface area contributed by atoms with Crippen molar-refractivity contribution < 1.29 is 9.53 Å². The van der Waals surface area contributed by atoms with Gasteiger partial charge in [0.1, 0.15) is 11.5 Å². The third kappa shape index (κ3) is 7.65. The Morgan fingerprint density at radius 1 is 0.829 bits per heavy atom. The Hall–Kier alpha value is -2.68. The Kier molecular flexibility index (Phi) is 9.34. The maximum absolute atomic E-state index is 12.6. The molecular weight excluding hydrogens is 615 g/mol. The van der Waals surface area contributed by atoms with Crippen molar-refractivity contribution in [2.24, 2.45) is 0 Å². The molecule has 1 radical (unpaired) electrons. The molecule has 35 heavy (non-hydrogen) atoms. The molecule has 4 nitrogen and oxygen atoms in total. The van der Waals surface area contributed by atoms with E-state index in [2.05, 4.69) is 61.3 Å². The van der Waals surface area contributed by atoms with Crippen LogP contribution in [0.25, 0.3) is 0 Å². The maximum Gasteiger partial charge on any atom is 0.251 e. The Balaban J connectivity index is 1.23. The standard InChI is InChI=1S/C29H25BrIN2O2/c30-27-18-22(12-13-23(27)19-32-20-24-6-4-5-9-28(24)31)29(34)33-17-16-21-10-14-26(15-11-21)35-25-7-2-1-3-8-25/h1-15,18H,16-17,19-20H2,(H,33,34). The minimum atomic E-state index is -0.0861. The van der Waals surface area contributed by atoms with Crippen molar-refractivity contribution in [3.05, 3.63) is 127 Å². The highest BCUT2D eigenvalue weighted by Crippen LogP contribution is 2.22. The Morgan fingerprint density at radius 2 is 1.51 bits per heavy atom. The summed E-state index contributed by atoms with van der Waals surface area (Å²) in [4.78, 5) is 12.6. The van der Waals surface area contributed by atoms with Gasteiger partial charge in [-0.25, -0.2) is 5.32 Å². The molecule has 4 rings (SSSR count). The molecular formula is C29H25BrIN2O2. The fraction of sp³-hybridized carbons (Fsp3) is 0.138. The zero-order chi connectivity index (χ0) is 24.5. The summed E-state index contributed by atoms with van der Waals surface area (Å²) >= 11 is 5.93. The number of hydrogen-bond acceptors (Lipinski definition) is 2. The van der Waals surface area contributed by atoms with E-state index in [1.807, 2.05) is 84.9 Å². The van der Waals surface area contributed by atoms with Gasteiger partial charge in [-0.05, 0) is 88.2 Å². The molecule has 0 aliphatic rings. The minimum absolute atomic E-state index is 0.0861.